The molecule has 0 aromatic heterocycles. The van der Waals surface area contributed by atoms with E-state index in [4.69, 9.17) is 9.47 Å². The van der Waals surface area contributed by atoms with E-state index >= 15 is 0 Å². The molecule has 0 radical (unpaired) electrons. The molecule has 2 aromatic carbocycles. The molecule has 0 saturated carbocycles. The smallest absolute Gasteiger partial charge is 0.120 e. The van der Waals surface area contributed by atoms with Crippen molar-refractivity contribution in [2.75, 3.05) is 39.5 Å². The Kier molecular flexibility index (Phi) is 7.27. The Morgan fingerprint density at radius 1 is 1.00 bits per heavy atom. The van der Waals surface area contributed by atoms with E-state index in [-0.39, 0.29) is 0 Å². The van der Waals surface area contributed by atoms with Crippen molar-refractivity contribution >= 4 is 0 Å². The minimum atomic E-state index is -0.992. The predicted molar refractivity (Wildman–Crippen MR) is 107 cm³/mol. The third kappa shape index (κ3) is 5.32. The summed E-state index contributed by atoms with van der Waals surface area (Å²) in [4.78, 5) is 1.50. The Bertz CT molecular complexity index is 668. The zero-order valence-electron chi connectivity index (χ0n) is 16.3. The summed E-state index contributed by atoms with van der Waals surface area (Å²) < 4.78 is 11.2. The van der Waals surface area contributed by atoms with Gasteiger partial charge in [-0.2, -0.15) is 0 Å². The number of aliphatic hydroxyl groups is 1. The van der Waals surface area contributed by atoms with Gasteiger partial charge in [-0.05, 0) is 29.7 Å². The standard InChI is InChI=1S/C23H31NO3/c1-2-3-17-27-22-11-9-21(10-12-22)23(25,20-7-5-4-6-8-20)13-14-24-15-18-26-19-16-24/h4-12,25H,2-3,13-19H2,1H3/p+1/t23-/m0/s1. The first-order chi connectivity index (χ1) is 13.2. The van der Waals surface area contributed by atoms with E-state index in [2.05, 4.69) is 6.92 Å². The van der Waals surface area contributed by atoms with Crippen LogP contribution in [0.5, 0.6) is 5.75 Å². The topological polar surface area (TPSA) is 43.1 Å². The van der Waals surface area contributed by atoms with E-state index in [1.807, 2.05) is 54.6 Å². The number of nitrogens with one attached hydrogen (secondary N) is 1. The molecule has 0 aliphatic carbocycles. The molecule has 2 N–H and O–H groups in total. The fraction of sp³-hybridized carbons (Fsp3) is 0.478. The van der Waals surface area contributed by atoms with Crippen LogP contribution in [0.3, 0.4) is 0 Å². The van der Waals surface area contributed by atoms with Crippen LogP contribution in [0.25, 0.3) is 0 Å². The minimum absolute atomic E-state index is 0.683. The molecule has 0 spiro atoms. The van der Waals surface area contributed by atoms with Gasteiger partial charge in [-0.15, -0.1) is 0 Å². The molecular formula is C23H32NO3+. The van der Waals surface area contributed by atoms with Crippen molar-refractivity contribution in [1.82, 2.24) is 0 Å². The van der Waals surface area contributed by atoms with Gasteiger partial charge in [0.05, 0.1) is 26.4 Å². The number of quaternary nitrogens is 1. The van der Waals surface area contributed by atoms with Crippen LogP contribution in [0.1, 0.15) is 37.3 Å². The van der Waals surface area contributed by atoms with Crippen LogP contribution < -0.4 is 9.64 Å². The zero-order chi connectivity index (χ0) is 19.0. The second-order valence-electron chi connectivity index (χ2n) is 7.32. The number of unbranched alkanes of at least 4 members (excludes halogenated alkanes) is 1. The Morgan fingerprint density at radius 3 is 2.33 bits per heavy atom. The van der Waals surface area contributed by atoms with Gasteiger partial charge < -0.3 is 19.5 Å². The van der Waals surface area contributed by atoms with E-state index in [1.54, 1.807) is 0 Å². The van der Waals surface area contributed by atoms with E-state index in [0.29, 0.717) is 6.42 Å². The summed E-state index contributed by atoms with van der Waals surface area (Å²) in [6.45, 7) is 7.45. The Hall–Kier alpha value is -1.88. The van der Waals surface area contributed by atoms with Gasteiger partial charge in [-0.3, -0.25) is 0 Å². The Balaban J connectivity index is 1.76. The van der Waals surface area contributed by atoms with Gasteiger partial charge in [0, 0.05) is 6.42 Å². The SMILES string of the molecule is CCCCOc1ccc([C@](O)(CC[NH+]2CCOCC2)c2ccccc2)cc1. The van der Waals surface area contributed by atoms with Crippen LogP contribution in [0.4, 0.5) is 0 Å². The van der Waals surface area contributed by atoms with Crippen molar-refractivity contribution in [1.29, 1.82) is 0 Å². The predicted octanol–water partition coefficient (Wildman–Crippen LogP) is 2.41. The van der Waals surface area contributed by atoms with Crippen molar-refractivity contribution in [3.8, 4) is 5.75 Å². The van der Waals surface area contributed by atoms with Crippen LogP contribution in [0.15, 0.2) is 54.6 Å². The molecule has 27 heavy (non-hydrogen) atoms. The lowest BCUT2D eigenvalue weighted by Gasteiger charge is -2.32. The number of ether oxygens (including phenoxy) is 2. The summed E-state index contributed by atoms with van der Waals surface area (Å²) in [6.07, 6.45) is 2.86. The molecule has 0 bridgehead atoms. The largest absolute Gasteiger partial charge is 0.494 e. The van der Waals surface area contributed by atoms with Gasteiger partial charge in [-0.1, -0.05) is 55.8 Å². The Morgan fingerprint density at radius 2 is 1.67 bits per heavy atom. The van der Waals surface area contributed by atoms with Gasteiger partial charge in [0.25, 0.3) is 0 Å². The average molecular weight is 371 g/mol. The van der Waals surface area contributed by atoms with E-state index in [0.717, 1.165) is 69.2 Å². The maximum absolute atomic E-state index is 11.7. The number of benzene rings is 2. The molecule has 146 valence electrons. The molecular weight excluding hydrogens is 338 g/mol. The molecule has 4 heteroatoms. The van der Waals surface area contributed by atoms with Gasteiger partial charge in [0.1, 0.15) is 24.4 Å². The normalized spacial score (nSPS) is 17.4. The second-order valence-corrected chi connectivity index (χ2v) is 7.32. The average Bonchev–Trinajstić information content (AvgIpc) is 2.74. The molecule has 2 aromatic rings. The first kappa shape index (κ1) is 19.9. The van der Waals surface area contributed by atoms with Crippen molar-refractivity contribution in [2.24, 2.45) is 0 Å². The maximum atomic E-state index is 11.7. The fourth-order valence-corrected chi connectivity index (χ4v) is 3.60. The lowest BCUT2D eigenvalue weighted by molar-refractivity contribution is -0.908. The summed E-state index contributed by atoms with van der Waals surface area (Å²) in [5.74, 6) is 0.862. The summed E-state index contributed by atoms with van der Waals surface area (Å²) in [7, 11) is 0. The molecule has 4 nitrogen and oxygen atoms in total. The molecule has 1 fully saturated rings. The van der Waals surface area contributed by atoms with Gasteiger partial charge in [0.2, 0.25) is 0 Å². The molecule has 1 heterocycles. The van der Waals surface area contributed by atoms with Crippen LogP contribution in [0, 0.1) is 0 Å². The van der Waals surface area contributed by atoms with E-state index < -0.39 is 5.60 Å². The molecule has 3 rings (SSSR count). The minimum Gasteiger partial charge on any atom is -0.494 e. The Labute approximate surface area is 162 Å². The molecule has 1 aliphatic heterocycles. The van der Waals surface area contributed by atoms with Crippen LogP contribution in [0.2, 0.25) is 0 Å². The van der Waals surface area contributed by atoms with Crippen molar-refractivity contribution in [2.45, 2.75) is 31.8 Å². The number of rotatable bonds is 9. The summed E-state index contributed by atoms with van der Waals surface area (Å²) in [5, 5.41) is 11.7. The molecule has 0 amide bonds. The molecule has 1 aliphatic rings. The number of hydrogen-bond acceptors (Lipinski definition) is 3. The molecule has 1 atom stereocenters. The highest BCUT2D eigenvalue weighted by Crippen LogP contribution is 2.33. The van der Waals surface area contributed by atoms with Gasteiger partial charge in [-0.25, -0.2) is 0 Å². The first-order valence-electron chi connectivity index (χ1n) is 10.1. The highest BCUT2D eigenvalue weighted by molar-refractivity contribution is 5.38. The maximum Gasteiger partial charge on any atom is 0.120 e. The third-order valence-electron chi connectivity index (χ3n) is 5.39. The quantitative estimate of drug-likeness (QED) is 0.666. The third-order valence-corrected chi connectivity index (χ3v) is 5.39. The summed E-state index contributed by atoms with van der Waals surface area (Å²) in [6, 6.07) is 17.9. The molecule has 0 unspecified atom stereocenters. The summed E-state index contributed by atoms with van der Waals surface area (Å²) in [5.41, 5.74) is 0.871. The highest BCUT2D eigenvalue weighted by atomic mass is 16.5. The van der Waals surface area contributed by atoms with Crippen molar-refractivity contribution < 1.29 is 19.5 Å². The lowest BCUT2D eigenvalue weighted by Crippen LogP contribution is -3.14. The van der Waals surface area contributed by atoms with E-state index in [1.165, 1.54) is 4.90 Å². The van der Waals surface area contributed by atoms with E-state index in [9.17, 15) is 5.11 Å². The van der Waals surface area contributed by atoms with Gasteiger partial charge in [0.15, 0.2) is 0 Å². The number of morpholine rings is 1. The number of hydrogen-bond donors (Lipinski definition) is 2. The molecule has 1 saturated heterocycles. The van der Waals surface area contributed by atoms with Crippen LogP contribution in [-0.2, 0) is 10.3 Å². The second kappa shape index (κ2) is 9.88. The first-order valence-corrected chi connectivity index (χ1v) is 10.1. The van der Waals surface area contributed by atoms with Crippen molar-refractivity contribution in [3.05, 3.63) is 65.7 Å². The lowest BCUT2D eigenvalue weighted by atomic mass is 9.83. The zero-order valence-corrected chi connectivity index (χ0v) is 16.3. The van der Waals surface area contributed by atoms with Crippen molar-refractivity contribution in [3.63, 3.8) is 0 Å². The van der Waals surface area contributed by atoms with Crippen LogP contribution >= 0.6 is 0 Å². The summed E-state index contributed by atoms with van der Waals surface area (Å²) >= 11 is 0. The van der Waals surface area contributed by atoms with Crippen LogP contribution in [-0.4, -0.2) is 44.6 Å². The fourth-order valence-electron chi connectivity index (χ4n) is 3.60. The monoisotopic (exact) mass is 370 g/mol. The highest BCUT2D eigenvalue weighted by Gasteiger charge is 2.33. The van der Waals surface area contributed by atoms with Gasteiger partial charge >= 0.3 is 0 Å².